The smallest absolute Gasteiger partial charge is 0.258 e. The summed E-state index contributed by atoms with van der Waals surface area (Å²) in [5, 5.41) is 2.52. The number of amides is 1. The Morgan fingerprint density at radius 3 is 2.43 bits per heavy atom. The normalized spacial score (nSPS) is 10.5. The van der Waals surface area contributed by atoms with E-state index in [9.17, 15) is 13.6 Å². The van der Waals surface area contributed by atoms with Gasteiger partial charge in [-0.25, -0.2) is 8.78 Å². The minimum atomic E-state index is -0.928. The first-order valence-corrected chi connectivity index (χ1v) is 7.39. The van der Waals surface area contributed by atoms with Crippen LogP contribution >= 0.6 is 31.9 Å². The summed E-state index contributed by atoms with van der Waals surface area (Å²) in [6.45, 7) is 1.45. The molecule has 0 aliphatic carbocycles. The highest BCUT2D eigenvalue weighted by atomic mass is 79.9. The van der Waals surface area contributed by atoms with Gasteiger partial charge in [-0.05, 0) is 46.6 Å². The molecule has 3 nitrogen and oxygen atoms in total. The molecule has 0 spiro atoms. The zero-order valence-electron chi connectivity index (χ0n) is 10.8. The molecule has 2 aromatic rings. The summed E-state index contributed by atoms with van der Waals surface area (Å²) in [5.41, 5.74) is 6.38. The SMILES string of the molecule is Cc1cc(C(=O)Nc2c(N)cc(Br)cc2Br)c(F)cc1F. The predicted molar refractivity (Wildman–Crippen MR) is 85.3 cm³/mol. The van der Waals surface area contributed by atoms with Crippen molar-refractivity contribution in [3.05, 3.63) is 56.0 Å². The van der Waals surface area contributed by atoms with Crippen molar-refractivity contribution < 1.29 is 13.6 Å². The van der Waals surface area contributed by atoms with Crippen LogP contribution < -0.4 is 11.1 Å². The van der Waals surface area contributed by atoms with Crippen LogP contribution in [0.1, 0.15) is 15.9 Å². The summed E-state index contributed by atoms with van der Waals surface area (Å²) in [7, 11) is 0. The zero-order valence-corrected chi connectivity index (χ0v) is 14.0. The third-order valence-electron chi connectivity index (χ3n) is 2.82. The van der Waals surface area contributed by atoms with Crippen LogP contribution in [0.25, 0.3) is 0 Å². The van der Waals surface area contributed by atoms with E-state index in [1.165, 1.54) is 6.92 Å². The van der Waals surface area contributed by atoms with E-state index in [0.717, 1.165) is 10.5 Å². The molecule has 0 bridgehead atoms. The maximum Gasteiger partial charge on any atom is 0.258 e. The molecule has 2 aromatic carbocycles. The Morgan fingerprint density at radius 1 is 1.14 bits per heavy atom. The number of carbonyl (C=O) groups excluding carboxylic acids is 1. The molecule has 0 fully saturated rings. The van der Waals surface area contributed by atoms with E-state index in [1.807, 2.05) is 0 Å². The third kappa shape index (κ3) is 3.41. The second-order valence-corrected chi connectivity index (χ2v) is 6.16. The molecule has 7 heteroatoms. The van der Waals surface area contributed by atoms with Gasteiger partial charge in [-0.3, -0.25) is 4.79 Å². The Labute approximate surface area is 136 Å². The van der Waals surface area contributed by atoms with E-state index in [2.05, 4.69) is 37.2 Å². The summed E-state index contributed by atoms with van der Waals surface area (Å²) in [6, 6.07) is 5.14. The van der Waals surface area contributed by atoms with E-state index >= 15 is 0 Å². The van der Waals surface area contributed by atoms with Gasteiger partial charge in [-0.15, -0.1) is 0 Å². The lowest BCUT2D eigenvalue weighted by atomic mass is 10.1. The molecule has 0 aliphatic rings. The lowest BCUT2D eigenvalue weighted by Crippen LogP contribution is -2.16. The fourth-order valence-corrected chi connectivity index (χ4v) is 3.09. The number of anilines is 2. The van der Waals surface area contributed by atoms with Crippen LogP contribution in [0.5, 0.6) is 0 Å². The van der Waals surface area contributed by atoms with Crippen molar-refractivity contribution in [2.75, 3.05) is 11.1 Å². The standard InChI is InChI=1S/C14H10Br2F2N2O/c1-6-2-8(11(18)5-10(6)17)14(21)20-13-9(16)3-7(15)4-12(13)19/h2-5H,19H2,1H3,(H,20,21). The van der Waals surface area contributed by atoms with Gasteiger partial charge in [-0.1, -0.05) is 15.9 Å². The number of halogens is 4. The summed E-state index contributed by atoms with van der Waals surface area (Å²) < 4.78 is 28.2. The molecular weight excluding hydrogens is 410 g/mol. The number of nitrogens with two attached hydrogens (primary N) is 1. The molecule has 0 heterocycles. The van der Waals surface area contributed by atoms with Gasteiger partial charge in [0.05, 0.1) is 16.9 Å². The molecule has 0 aromatic heterocycles. The van der Waals surface area contributed by atoms with E-state index < -0.39 is 17.5 Å². The first-order valence-electron chi connectivity index (χ1n) is 5.81. The topological polar surface area (TPSA) is 55.1 Å². The van der Waals surface area contributed by atoms with Crippen LogP contribution in [0.15, 0.2) is 33.2 Å². The van der Waals surface area contributed by atoms with Crippen molar-refractivity contribution in [1.29, 1.82) is 0 Å². The van der Waals surface area contributed by atoms with Crippen molar-refractivity contribution in [3.8, 4) is 0 Å². The van der Waals surface area contributed by atoms with Gasteiger partial charge in [-0.2, -0.15) is 0 Å². The number of nitrogens with one attached hydrogen (secondary N) is 1. The summed E-state index contributed by atoms with van der Waals surface area (Å²) >= 11 is 6.53. The largest absolute Gasteiger partial charge is 0.397 e. The Morgan fingerprint density at radius 2 is 1.81 bits per heavy atom. The molecule has 21 heavy (non-hydrogen) atoms. The lowest BCUT2D eigenvalue weighted by Gasteiger charge is -2.12. The van der Waals surface area contributed by atoms with Crippen LogP contribution in [0.2, 0.25) is 0 Å². The van der Waals surface area contributed by atoms with E-state index in [4.69, 9.17) is 5.73 Å². The molecule has 0 radical (unpaired) electrons. The second kappa shape index (κ2) is 6.11. The monoisotopic (exact) mass is 418 g/mol. The summed E-state index contributed by atoms with van der Waals surface area (Å²) in [4.78, 5) is 12.1. The Hall–Kier alpha value is -1.47. The zero-order chi connectivity index (χ0) is 15.7. The number of nitrogen functional groups attached to an aromatic ring is 1. The molecule has 0 aliphatic heterocycles. The highest BCUT2D eigenvalue weighted by Crippen LogP contribution is 2.33. The molecule has 0 atom stereocenters. The molecule has 3 N–H and O–H groups in total. The third-order valence-corrected chi connectivity index (χ3v) is 3.90. The maximum absolute atomic E-state index is 13.7. The molecule has 1 amide bonds. The lowest BCUT2D eigenvalue weighted by molar-refractivity contribution is 0.102. The number of carbonyl (C=O) groups is 1. The van der Waals surface area contributed by atoms with Crippen LogP contribution in [0.4, 0.5) is 20.2 Å². The van der Waals surface area contributed by atoms with Crippen LogP contribution in [0, 0.1) is 18.6 Å². The Balaban J connectivity index is 2.37. The van der Waals surface area contributed by atoms with Gasteiger partial charge < -0.3 is 11.1 Å². The average molecular weight is 420 g/mol. The molecule has 0 unspecified atom stereocenters. The van der Waals surface area contributed by atoms with Crippen molar-refractivity contribution in [3.63, 3.8) is 0 Å². The first kappa shape index (κ1) is 15.9. The van der Waals surface area contributed by atoms with Crippen LogP contribution in [-0.4, -0.2) is 5.91 Å². The average Bonchev–Trinajstić information content (AvgIpc) is 2.37. The number of aryl methyl sites for hydroxylation is 1. The quantitative estimate of drug-likeness (QED) is 0.697. The Bertz CT molecular complexity index is 712. The van der Waals surface area contributed by atoms with E-state index in [1.54, 1.807) is 12.1 Å². The van der Waals surface area contributed by atoms with Gasteiger partial charge in [0.15, 0.2) is 0 Å². The summed E-state index contributed by atoms with van der Waals surface area (Å²) in [5.74, 6) is -2.33. The predicted octanol–water partition coefficient (Wildman–Crippen LogP) is 4.63. The van der Waals surface area contributed by atoms with Gasteiger partial charge in [0, 0.05) is 15.0 Å². The molecule has 2 rings (SSSR count). The van der Waals surface area contributed by atoms with Crippen LogP contribution in [-0.2, 0) is 0 Å². The molecule has 0 saturated heterocycles. The Kier molecular flexibility index (Phi) is 4.63. The van der Waals surface area contributed by atoms with Crippen LogP contribution in [0.3, 0.4) is 0 Å². The molecule has 110 valence electrons. The minimum Gasteiger partial charge on any atom is -0.397 e. The highest BCUT2D eigenvalue weighted by molar-refractivity contribution is 9.11. The first-order chi connectivity index (χ1) is 9.79. The second-order valence-electron chi connectivity index (χ2n) is 4.39. The number of hydrogen-bond donors (Lipinski definition) is 2. The van der Waals surface area contributed by atoms with E-state index in [-0.39, 0.29) is 11.1 Å². The van der Waals surface area contributed by atoms with Crippen molar-refractivity contribution in [1.82, 2.24) is 0 Å². The molecular formula is C14H10Br2F2N2O. The highest BCUT2D eigenvalue weighted by Gasteiger charge is 2.17. The van der Waals surface area contributed by atoms with Crippen molar-refractivity contribution in [2.45, 2.75) is 6.92 Å². The van der Waals surface area contributed by atoms with Gasteiger partial charge in [0.25, 0.3) is 5.91 Å². The summed E-state index contributed by atoms with van der Waals surface area (Å²) in [6.07, 6.45) is 0. The number of hydrogen-bond acceptors (Lipinski definition) is 2. The fourth-order valence-electron chi connectivity index (χ4n) is 1.74. The van der Waals surface area contributed by atoms with Gasteiger partial charge in [0.1, 0.15) is 11.6 Å². The minimum absolute atomic E-state index is 0.185. The molecule has 0 saturated carbocycles. The number of rotatable bonds is 2. The van der Waals surface area contributed by atoms with E-state index in [0.29, 0.717) is 21.9 Å². The maximum atomic E-state index is 13.7. The van der Waals surface area contributed by atoms with Gasteiger partial charge in [0.2, 0.25) is 0 Å². The fraction of sp³-hybridized carbons (Fsp3) is 0.0714. The van der Waals surface area contributed by atoms with Crippen molar-refractivity contribution >= 4 is 49.1 Å². The number of benzene rings is 2. The van der Waals surface area contributed by atoms with Gasteiger partial charge >= 0.3 is 0 Å². The van der Waals surface area contributed by atoms with Crippen molar-refractivity contribution in [2.24, 2.45) is 0 Å².